The van der Waals surface area contributed by atoms with Gasteiger partial charge in [0.1, 0.15) is 5.58 Å². The molecule has 5 rings (SSSR count). The first kappa shape index (κ1) is 26.5. The summed E-state index contributed by atoms with van der Waals surface area (Å²) in [4.78, 5) is 29.5. The molecule has 0 fully saturated rings. The molecule has 1 amide bonds. The van der Waals surface area contributed by atoms with Crippen molar-refractivity contribution in [3.05, 3.63) is 104 Å². The Balaban J connectivity index is 1.64. The Labute approximate surface area is 229 Å². The molecule has 0 radical (unpaired) electrons. The number of carbonyl (C=O) groups is 1. The van der Waals surface area contributed by atoms with Crippen molar-refractivity contribution in [1.29, 1.82) is 0 Å². The summed E-state index contributed by atoms with van der Waals surface area (Å²) in [6, 6.07) is 18.6. The van der Waals surface area contributed by atoms with Gasteiger partial charge < -0.3 is 18.8 Å². The van der Waals surface area contributed by atoms with Crippen LogP contribution in [0.15, 0.2) is 69.9 Å². The number of fused-ring (bicyclic) bond motifs is 2. The van der Waals surface area contributed by atoms with E-state index >= 15 is 0 Å². The van der Waals surface area contributed by atoms with E-state index in [0.717, 1.165) is 28.7 Å². The van der Waals surface area contributed by atoms with Crippen LogP contribution in [0.3, 0.4) is 0 Å². The summed E-state index contributed by atoms with van der Waals surface area (Å²) in [6.45, 7) is 11.6. The molecule has 1 aliphatic rings. The Morgan fingerprint density at radius 3 is 2.36 bits per heavy atom. The minimum Gasteiger partial charge on any atom is -0.490 e. The van der Waals surface area contributed by atoms with Crippen LogP contribution in [0, 0.1) is 19.8 Å². The Bertz CT molecular complexity index is 1570. The van der Waals surface area contributed by atoms with E-state index in [1.807, 2.05) is 75.4 Å². The lowest BCUT2D eigenvalue weighted by molar-refractivity contribution is 0.0714. The summed E-state index contributed by atoms with van der Waals surface area (Å²) in [5, 5.41) is 0.474. The minimum absolute atomic E-state index is 0.101. The fourth-order valence-electron chi connectivity index (χ4n) is 5.02. The zero-order valence-electron chi connectivity index (χ0n) is 23.2. The van der Waals surface area contributed by atoms with Crippen LogP contribution in [-0.2, 0) is 6.54 Å². The number of amides is 1. The van der Waals surface area contributed by atoms with Gasteiger partial charge in [0, 0.05) is 6.54 Å². The van der Waals surface area contributed by atoms with Crippen molar-refractivity contribution in [1.82, 2.24) is 4.90 Å². The molecule has 1 aliphatic heterocycles. The van der Waals surface area contributed by atoms with Crippen LogP contribution in [0.2, 0.25) is 0 Å². The number of carbonyl (C=O) groups excluding carboxylic acids is 1. The number of rotatable bonds is 9. The lowest BCUT2D eigenvalue weighted by Gasteiger charge is -2.26. The third-order valence-corrected chi connectivity index (χ3v) is 7.13. The maximum Gasteiger partial charge on any atom is 0.291 e. The van der Waals surface area contributed by atoms with Crippen molar-refractivity contribution in [3.8, 4) is 11.5 Å². The molecule has 0 spiro atoms. The maximum absolute atomic E-state index is 13.9. The fraction of sp³-hybridized carbons (Fsp3) is 0.333. The van der Waals surface area contributed by atoms with Crippen LogP contribution in [-0.4, -0.2) is 24.0 Å². The topological polar surface area (TPSA) is 69.0 Å². The van der Waals surface area contributed by atoms with E-state index in [2.05, 4.69) is 13.8 Å². The molecule has 1 unspecified atom stereocenters. The molecular weight excluding hydrogens is 490 g/mol. The summed E-state index contributed by atoms with van der Waals surface area (Å²) in [7, 11) is 0. The molecule has 2 heterocycles. The van der Waals surface area contributed by atoms with Gasteiger partial charge in [-0.25, -0.2) is 0 Å². The van der Waals surface area contributed by atoms with Gasteiger partial charge >= 0.3 is 0 Å². The SMILES string of the molecule is CCOc1cc(C2c3c(oc4ccc(C)cc4c3=O)C(=O)N2Cc2ccc(C)cc2)ccc1OCCC(C)C. The molecule has 1 aromatic heterocycles. The second kappa shape index (κ2) is 11.0. The quantitative estimate of drug-likeness (QED) is 0.236. The molecular formula is C33H35NO5. The average molecular weight is 526 g/mol. The number of hydrogen-bond donors (Lipinski definition) is 0. The summed E-state index contributed by atoms with van der Waals surface area (Å²) in [5.41, 5.74) is 4.42. The third kappa shape index (κ3) is 5.29. The number of nitrogens with zero attached hydrogens (tertiary/aromatic N) is 1. The maximum atomic E-state index is 13.9. The molecule has 0 aliphatic carbocycles. The first-order valence-corrected chi connectivity index (χ1v) is 13.6. The van der Waals surface area contributed by atoms with Gasteiger partial charge in [-0.15, -0.1) is 0 Å². The zero-order chi connectivity index (χ0) is 27.7. The Morgan fingerprint density at radius 1 is 0.897 bits per heavy atom. The van der Waals surface area contributed by atoms with Crippen LogP contribution >= 0.6 is 0 Å². The highest BCUT2D eigenvalue weighted by Crippen LogP contribution is 2.42. The van der Waals surface area contributed by atoms with Gasteiger partial charge in [0.25, 0.3) is 5.91 Å². The summed E-state index contributed by atoms with van der Waals surface area (Å²) in [6.07, 6.45) is 0.926. The second-order valence-corrected chi connectivity index (χ2v) is 10.7. The van der Waals surface area contributed by atoms with Gasteiger partial charge in [0.2, 0.25) is 5.76 Å². The highest BCUT2D eigenvalue weighted by molar-refractivity contribution is 5.99. The summed E-state index contributed by atoms with van der Waals surface area (Å²) in [5.74, 6) is 1.57. The van der Waals surface area contributed by atoms with Gasteiger partial charge in [-0.1, -0.05) is 61.4 Å². The standard InChI is InChI=1S/C33H35NO5/c1-6-37-28-18-24(12-14-27(28)38-16-15-20(2)3)30-29-31(35)25-17-22(5)9-13-26(25)39-32(29)33(36)34(30)19-23-10-7-21(4)8-11-23/h7-14,17-18,20,30H,6,15-16,19H2,1-5H3. The van der Waals surface area contributed by atoms with Crippen molar-refractivity contribution >= 4 is 16.9 Å². The third-order valence-electron chi connectivity index (χ3n) is 7.13. The lowest BCUT2D eigenvalue weighted by Crippen LogP contribution is -2.29. The molecule has 4 aromatic rings. The van der Waals surface area contributed by atoms with E-state index in [1.165, 1.54) is 0 Å². The Hall–Kier alpha value is -4.06. The molecule has 0 saturated heterocycles. The van der Waals surface area contributed by atoms with Gasteiger partial charge in [0.05, 0.1) is 30.2 Å². The molecule has 6 heteroatoms. The predicted molar refractivity (Wildman–Crippen MR) is 153 cm³/mol. The van der Waals surface area contributed by atoms with Crippen molar-refractivity contribution in [2.75, 3.05) is 13.2 Å². The van der Waals surface area contributed by atoms with Gasteiger partial charge in [0.15, 0.2) is 16.9 Å². The van der Waals surface area contributed by atoms with Crippen LogP contribution in [0.5, 0.6) is 11.5 Å². The van der Waals surface area contributed by atoms with Crippen LogP contribution < -0.4 is 14.9 Å². The molecule has 3 aromatic carbocycles. The average Bonchev–Trinajstić information content (AvgIpc) is 3.18. The highest BCUT2D eigenvalue weighted by atomic mass is 16.5. The largest absolute Gasteiger partial charge is 0.490 e. The van der Waals surface area contributed by atoms with Crippen molar-refractivity contribution in [2.24, 2.45) is 5.92 Å². The van der Waals surface area contributed by atoms with Gasteiger partial charge in [-0.05, 0) is 68.5 Å². The van der Waals surface area contributed by atoms with Crippen LogP contribution in [0.25, 0.3) is 11.0 Å². The summed E-state index contributed by atoms with van der Waals surface area (Å²) < 4.78 is 18.1. The van der Waals surface area contributed by atoms with E-state index in [0.29, 0.717) is 53.7 Å². The van der Waals surface area contributed by atoms with Gasteiger partial charge in [-0.3, -0.25) is 9.59 Å². The number of benzene rings is 3. The fourth-order valence-corrected chi connectivity index (χ4v) is 5.02. The molecule has 6 nitrogen and oxygen atoms in total. The number of hydrogen-bond acceptors (Lipinski definition) is 5. The molecule has 202 valence electrons. The highest BCUT2D eigenvalue weighted by Gasteiger charge is 2.43. The van der Waals surface area contributed by atoms with E-state index in [9.17, 15) is 9.59 Å². The van der Waals surface area contributed by atoms with E-state index in [-0.39, 0.29) is 17.1 Å². The van der Waals surface area contributed by atoms with Crippen LogP contribution in [0.1, 0.15) is 71.6 Å². The normalized spacial score (nSPS) is 14.8. The van der Waals surface area contributed by atoms with Crippen molar-refractivity contribution in [3.63, 3.8) is 0 Å². The first-order valence-electron chi connectivity index (χ1n) is 13.6. The monoisotopic (exact) mass is 525 g/mol. The molecule has 0 N–H and O–H groups in total. The molecule has 0 saturated carbocycles. The molecule has 1 atom stereocenters. The smallest absolute Gasteiger partial charge is 0.291 e. The van der Waals surface area contributed by atoms with Crippen molar-refractivity contribution in [2.45, 2.75) is 53.6 Å². The number of aryl methyl sites for hydroxylation is 2. The molecule has 39 heavy (non-hydrogen) atoms. The van der Waals surface area contributed by atoms with E-state index < -0.39 is 6.04 Å². The van der Waals surface area contributed by atoms with Crippen molar-refractivity contribution < 1.29 is 18.7 Å². The van der Waals surface area contributed by atoms with E-state index in [1.54, 1.807) is 11.0 Å². The second-order valence-electron chi connectivity index (χ2n) is 10.7. The molecule has 0 bridgehead atoms. The van der Waals surface area contributed by atoms with Gasteiger partial charge in [-0.2, -0.15) is 0 Å². The Morgan fingerprint density at radius 2 is 1.64 bits per heavy atom. The van der Waals surface area contributed by atoms with Crippen LogP contribution in [0.4, 0.5) is 0 Å². The Kier molecular flexibility index (Phi) is 7.47. The first-order chi connectivity index (χ1) is 18.8. The number of ether oxygens (including phenoxy) is 2. The minimum atomic E-state index is -0.626. The van der Waals surface area contributed by atoms with E-state index in [4.69, 9.17) is 13.9 Å². The zero-order valence-corrected chi connectivity index (χ0v) is 23.2. The summed E-state index contributed by atoms with van der Waals surface area (Å²) >= 11 is 0. The predicted octanol–water partition coefficient (Wildman–Crippen LogP) is 6.98. The lowest BCUT2D eigenvalue weighted by atomic mass is 9.97.